The van der Waals surface area contributed by atoms with Gasteiger partial charge in [0.1, 0.15) is 24.4 Å². The van der Waals surface area contributed by atoms with Gasteiger partial charge in [-0.25, -0.2) is 0 Å². The highest BCUT2D eigenvalue weighted by molar-refractivity contribution is 5.76. The number of nitrogens with one attached hydrogen (secondary N) is 1. The second-order valence-corrected chi connectivity index (χ2v) is 15.8. The number of unbranched alkanes of at least 4 members (excludes halogenated alkanes) is 21. The van der Waals surface area contributed by atoms with E-state index in [2.05, 4.69) is 55.6 Å². The summed E-state index contributed by atoms with van der Waals surface area (Å²) in [5.41, 5.74) is 0. The molecular weight excluding hydrogens is 695 g/mol. The van der Waals surface area contributed by atoms with Crippen molar-refractivity contribution in [2.24, 2.45) is 0 Å². The lowest BCUT2D eigenvalue weighted by molar-refractivity contribution is -0.302. The van der Waals surface area contributed by atoms with Crippen LogP contribution in [0.4, 0.5) is 0 Å². The fraction of sp³-hybridized carbons (Fsp3) is 0.848. The van der Waals surface area contributed by atoms with Crippen LogP contribution in [0.25, 0.3) is 0 Å². The standard InChI is InChI=1S/C46H85NO8/c1-3-5-7-9-11-12-13-14-15-16-17-18-19-20-21-22-23-24-25-26-27-28-30-32-34-36-42(50)47-39(40(49)35-33-31-29-10-8-6-4-2)38-54-46-45(53)44(52)43(51)41(37-48)55-46/h13-14,16-17,19-20,39-41,43-46,48-49,51-53H,3-12,15,18,21-38H2,1-2H3,(H,47,50)/b14-13-,17-16-,20-19-. The lowest BCUT2D eigenvalue weighted by Gasteiger charge is -2.40. The van der Waals surface area contributed by atoms with Crippen LogP contribution in [0, 0.1) is 0 Å². The lowest BCUT2D eigenvalue weighted by atomic mass is 9.99. The van der Waals surface area contributed by atoms with Crippen LogP contribution in [0.3, 0.4) is 0 Å². The monoisotopic (exact) mass is 780 g/mol. The predicted octanol–water partition coefficient (Wildman–Crippen LogP) is 9.28. The van der Waals surface area contributed by atoms with E-state index >= 15 is 0 Å². The van der Waals surface area contributed by atoms with E-state index in [1.54, 1.807) is 0 Å². The molecule has 0 aromatic heterocycles. The van der Waals surface area contributed by atoms with Gasteiger partial charge in [0.15, 0.2) is 6.29 Å². The van der Waals surface area contributed by atoms with Gasteiger partial charge in [0.25, 0.3) is 0 Å². The van der Waals surface area contributed by atoms with E-state index in [0.29, 0.717) is 12.8 Å². The molecule has 1 aliphatic heterocycles. The zero-order chi connectivity index (χ0) is 40.2. The molecule has 0 aromatic rings. The van der Waals surface area contributed by atoms with Gasteiger partial charge in [0.2, 0.25) is 5.91 Å². The number of amides is 1. The quantitative estimate of drug-likeness (QED) is 0.0270. The third-order valence-corrected chi connectivity index (χ3v) is 10.7. The molecule has 55 heavy (non-hydrogen) atoms. The Morgan fingerprint density at radius 3 is 1.58 bits per heavy atom. The molecule has 0 aromatic carbocycles. The van der Waals surface area contributed by atoms with Gasteiger partial charge in [0.05, 0.1) is 25.4 Å². The molecule has 7 atom stereocenters. The number of carbonyl (C=O) groups is 1. The Labute approximate surface area is 336 Å². The number of hydrogen-bond donors (Lipinski definition) is 6. The third-order valence-electron chi connectivity index (χ3n) is 10.7. The summed E-state index contributed by atoms with van der Waals surface area (Å²) in [6.45, 7) is 3.76. The second kappa shape index (κ2) is 36.7. The molecule has 9 heteroatoms. The highest BCUT2D eigenvalue weighted by atomic mass is 16.7. The van der Waals surface area contributed by atoms with Crippen LogP contribution >= 0.6 is 0 Å². The molecule has 0 bridgehead atoms. The number of ether oxygens (including phenoxy) is 2. The van der Waals surface area contributed by atoms with Crippen molar-refractivity contribution in [3.8, 4) is 0 Å². The van der Waals surface area contributed by atoms with Crippen LogP contribution in [0.5, 0.6) is 0 Å². The number of allylic oxidation sites excluding steroid dienone is 6. The summed E-state index contributed by atoms with van der Waals surface area (Å²) in [6, 6.07) is -0.717. The van der Waals surface area contributed by atoms with Crippen molar-refractivity contribution in [3.63, 3.8) is 0 Å². The van der Waals surface area contributed by atoms with Crippen molar-refractivity contribution in [1.29, 1.82) is 0 Å². The van der Waals surface area contributed by atoms with Gasteiger partial charge < -0.3 is 40.3 Å². The van der Waals surface area contributed by atoms with Gasteiger partial charge in [0, 0.05) is 6.42 Å². The smallest absolute Gasteiger partial charge is 0.220 e. The maximum absolute atomic E-state index is 12.9. The lowest BCUT2D eigenvalue weighted by Crippen LogP contribution is -2.60. The maximum atomic E-state index is 12.9. The molecule has 1 rings (SSSR count). The normalized spacial score (nSPS) is 21.6. The summed E-state index contributed by atoms with van der Waals surface area (Å²) < 4.78 is 11.2. The summed E-state index contributed by atoms with van der Waals surface area (Å²) in [6.07, 6.45) is 37.5. The van der Waals surface area contributed by atoms with Gasteiger partial charge in [-0.2, -0.15) is 0 Å². The van der Waals surface area contributed by atoms with E-state index in [9.17, 15) is 30.3 Å². The van der Waals surface area contributed by atoms with Gasteiger partial charge in [-0.1, -0.05) is 172 Å². The van der Waals surface area contributed by atoms with Crippen LogP contribution < -0.4 is 5.32 Å². The molecule has 0 aliphatic carbocycles. The highest BCUT2D eigenvalue weighted by Crippen LogP contribution is 2.23. The van der Waals surface area contributed by atoms with Crippen LogP contribution in [-0.4, -0.2) is 87.5 Å². The molecule has 1 saturated heterocycles. The minimum Gasteiger partial charge on any atom is -0.394 e. The van der Waals surface area contributed by atoms with Crippen LogP contribution in [-0.2, 0) is 14.3 Å². The first-order valence-corrected chi connectivity index (χ1v) is 22.7. The van der Waals surface area contributed by atoms with E-state index in [0.717, 1.165) is 51.4 Å². The van der Waals surface area contributed by atoms with Gasteiger partial charge in [-0.05, 0) is 51.4 Å². The molecule has 0 radical (unpaired) electrons. The first-order chi connectivity index (χ1) is 26.8. The summed E-state index contributed by atoms with van der Waals surface area (Å²) >= 11 is 0. The van der Waals surface area contributed by atoms with Gasteiger partial charge in [-0.3, -0.25) is 4.79 Å². The average molecular weight is 780 g/mol. The van der Waals surface area contributed by atoms with E-state index in [-0.39, 0.29) is 12.5 Å². The molecule has 7 unspecified atom stereocenters. The summed E-state index contributed by atoms with van der Waals surface area (Å²) in [5, 5.41) is 54.0. The van der Waals surface area contributed by atoms with E-state index in [4.69, 9.17) is 9.47 Å². The first kappa shape index (κ1) is 51.4. The van der Waals surface area contributed by atoms with Crippen LogP contribution in [0.2, 0.25) is 0 Å². The van der Waals surface area contributed by atoms with E-state index < -0.39 is 49.5 Å². The average Bonchev–Trinajstić information content (AvgIpc) is 3.18. The van der Waals surface area contributed by atoms with Crippen molar-refractivity contribution in [1.82, 2.24) is 5.32 Å². The number of rotatable bonds is 37. The number of aliphatic hydroxyl groups excluding tert-OH is 5. The molecule has 9 nitrogen and oxygen atoms in total. The summed E-state index contributed by atoms with van der Waals surface area (Å²) in [4.78, 5) is 12.9. The third kappa shape index (κ3) is 27.6. The SMILES string of the molecule is CCCCCCC/C=C\C/C=C\C/C=C\CCCCCCCCCCCCC(=O)NC(COC1OC(CO)C(O)C(O)C1O)C(O)CCCCCCCCC. The second-order valence-electron chi connectivity index (χ2n) is 15.8. The Kier molecular flexibility index (Phi) is 34.3. The Morgan fingerprint density at radius 2 is 1.07 bits per heavy atom. The molecule has 6 N–H and O–H groups in total. The molecular formula is C46H85NO8. The predicted molar refractivity (Wildman–Crippen MR) is 226 cm³/mol. The van der Waals surface area contributed by atoms with Gasteiger partial charge in [-0.15, -0.1) is 0 Å². The fourth-order valence-corrected chi connectivity index (χ4v) is 7.05. The van der Waals surface area contributed by atoms with Crippen molar-refractivity contribution >= 4 is 5.91 Å². The summed E-state index contributed by atoms with van der Waals surface area (Å²) in [5.74, 6) is -0.154. The topological polar surface area (TPSA) is 149 Å². The molecule has 0 spiro atoms. The fourth-order valence-electron chi connectivity index (χ4n) is 7.05. The van der Waals surface area contributed by atoms with Gasteiger partial charge >= 0.3 is 0 Å². The molecule has 1 fully saturated rings. The van der Waals surface area contributed by atoms with E-state index in [1.165, 1.54) is 116 Å². The highest BCUT2D eigenvalue weighted by Gasteiger charge is 2.44. The molecule has 1 amide bonds. The van der Waals surface area contributed by atoms with Crippen LogP contribution in [0.15, 0.2) is 36.5 Å². The zero-order valence-electron chi connectivity index (χ0n) is 35.2. The Morgan fingerprint density at radius 1 is 0.618 bits per heavy atom. The first-order valence-electron chi connectivity index (χ1n) is 22.7. The van der Waals surface area contributed by atoms with Crippen molar-refractivity contribution in [2.75, 3.05) is 13.2 Å². The summed E-state index contributed by atoms with van der Waals surface area (Å²) in [7, 11) is 0. The molecule has 322 valence electrons. The number of aliphatic hydroxyl groups is 5. The largest absolute Gasteiger partial charge is 0.394 e. The molecule has 1 aliphatic rings. The van der Waals surface area contributed by atoms with Crippen molar-refractivity contribution in [3.05, 3.63) is 36.5 Å². The van der Waals surface area contributed by atoms with E-state index in [1.807, 2.05) is 0 Å². The van der Waals surface area contributed by atoms with Crippen molar-refractivity contribution in [2.45, 2.75) is 236 Å². The number of carbonyl (C=O) groups excluding carboxylic acids is 1. The zero-order valence-corrected chi connectivity index (χ0v) is 35.2. The Hall–Kier alpha value is -1.59. The van der Waals surface area contributed by atoms with Crippen LogP contribution in [0.1, 0.15) is 194 Å². The molecule has 1 heterocycles. The minimum atomic E-state index is -1.55. The molecule has 0 saturated carbocycles. The number of hydrogen-bond acceptors (Lipinski definition) is 8. The Bertz CT molecular complexity index is 956. The minimum absolute atomic E-state index is 0.141. The van der Waals surface area contributed by atoms with Crippen molar-refractivity contribution < 1.29 is 39.8 Å². The maximum Gasteiger partial charge on any atom is 0.220 e. The Balaban J connectivity index is 2.19.